The summed E-state index contributed by atoms with van der Waals surface area (Å²) in [5, 5.41) is 11.4. The first-order valence-corrected chi connectivity index (χ1v) is 16.8. The van der Waals surface area contributed by atoms with E-state index in [2.05, 4.69) is 48.7 Å². The number of hydrogen-bond donors (Lipinski definition) is 3. The van der Waals surface area contributed by atoms with Crippen LogP contribution in [-0.4, -0.2) is 86.0 Å². The molecule has 258 valence electrons. The Bertz CT molecular complexity index is 1650. The molecule has 1 fully saturated rings. The molecule has 0 saturated carbocycles. The van der Waals surface area contributed by atoms with Gasteiger partial charge in [0.1, 0.15) is 5.75 Å². The second-order valence-electron chi connectivity index (χ2n) is 12.0. The molecule has 1 atom stereocenters. The fourth-order valence-electron chi connectivity index (χ4n) is 6.08. The Morgan fingerprint density at radius 2 is 1.60 bits per heavy atom. The minimum atomic E-state index is -4.76. The fourth-order valence-corrected chi connectivity index (χ4v) is 6.59. The summed E-state index contributed by atoms with van der Waals surface area (Å²) in [7, 11) is 3.56. The summed E-state index contributed by atoms with van der Waals surface area (Å²) in [5.41, 5.74) is 4.87. The predicted molar refractivity (Wildman–Crippen MR) is 185 cm³/mol. The zero-order valence-corrected chi connectivity index (χ0v) is 28.6. The lowest BCUT2D eigenvalue weighted by molar-refractivity contribution is -0.274. The van der Waals surface area contributed by atoms with Gasteiger partial charge in [-0.15, -0.1) is 13.2 Å². The molecule has 0 aliphatic carbocycles. The van der Waals surface area contributed by atoms with Gasteiger partial charge in [0.2, 0.25) is 5.91 Å². The molecule has 5 rings (SSSR count). The number of likely N-dealkylation sites (N-methyl/N-ethyl adjacent to an activating group) is 2. The second-order valence-corrected chi connectivity index (χ2v) is 12.8. The van der Waals surface area contributed by atoms with Gasteiger partial charge >= 0.3 is 6.36 Å². The van der Waals surface area contributed by atoms with Gasteiger partial charge in [0.15, 0.2) is 0 Å². The molecule has 13 heteroatoms. The molecule has 1 unspecified atom stereocenters. The Kier molecular flexibility index (Phi) is 12.3. The molecule has 4 aromatic rings. The van der Waals surface area contributed by atoms with Crippen molar-refractivity contribution in [3.8, 4) is 11.4 Å². The van der Waals surface area contributed by atoms with Gasteiger partial charge in [0, 0.05) is 85.2 Å². The highest BCUT2D eigenvalue weighted by Crippen LogP contribution is 2.30. The summed E-state index contributed by atoms with van der Waals surface area (Å²) in [5.74, 6) is -0.331. The third kappa shape index (κ3) is 9.43. The lowest BCUT2D eigenvalue weighted by Crippen LogP contribution is -2.48. The van der Waals surface area contributed by atoms with Crippen LogP contribution in [0.2, 0.25) is 10.0 Å². The summed E-state index contributed by atoms with van der Waals surface area (Å²) in [6, 6.07) is 17.6. The monoisotopic (exact) mass is 704 g/mol. The molecule has 1 aromatic heterocycles. The van der Waals surface area contributed by atoms with Gasteiger partial charge in [0.05, 0.1) is 11.6 Å². The number of piperazine rings is 1. The number of carbonyl (C=O) groups excluding carboxylic acids is 1. The number of alkyl halides is 3. The Balaban J connectivity index is 1.30. The zero-order valence-electron chi connectivity index (χ0n) is 27.0. The molecule has 3 N–H and O–H groups in total. The molecular weight excluding hydrogens is 664 g/mol. The highest BCUT2D eigenvalue weighted by molar-refractivity contribution is 6.35. The SMILES string of the molecule is CNCC(NC)C(=O)NCCCc1cn(-c2ccc(OC(F)(F)F)cc2)c2cc(CN3CCN(Cc4c(Cl)cccc4Cl)CC3)ccc12. The number of fused-ring (bicyclic) bond motifs is 1. The summed E-state index contributed by atoms with van der Waals surface area (Å²) < 4.78 is 44.5. The summed E-state index contributed by atoms with van der Waals surface area (Å²) in [4.78, 5) is 17.3. The van der Waals surface area contributed by atoms with Crippen molar-refractivity contribution >= 4 is 40.0 Å². The van der Waals surface area contributed by atoms with Crippen LogP contribution in [0.15, 0.2) is 66.9 Å². The van der Waals surface area contributed by atoms with E-state index in [1.807, 2.05) is 29.0 Å². The number of ether oxygens (including phenoxy) is 1. The third-order valence-corrected chi connectivity index (χ3v) is 9.32. The number of hydrogen-bond acceptors (Lipinski definition) is 6. The van der Waals surface area contributed by atoms with Gasteiger partial charge < -0.3 is 25.3 Å². The molecule has 48 heavy (non-hydrogen) atoms. The summed E-state index contributed by atoms with van der Waals surface area (Å²) in [6.07, 6.45) is -1.28. The van der Waals surface area contributed by atoms with Gasteiger partial charge in [-0.25, -0.2) is 0 Å². The maximum atomic E-state index is 12.8. The summed E-state index contributed by atoms with van der Waals surface area (Å²) in [6.45, 7) is 6.07. The first kappa shape index (κ1) is 36.0. The van der Waals surface area contributed by atoms with Crippen LogP contribution in [0, 0.1) is 0 Å². The van der Waals surface area contributed by atoms with Crippen LogP contribution in [0.25, 0.3) is 16.6 Å². The van der Waals surface area contributed by atoms with Crippen LogP contribution in [0.5, 0.6) is 5.75 Å². The van der Waals surface area contributed by atoms with Crippen molar-refractivity contribution < 1.29 is 22.7 Å². The van der Waals surface area contributed by atoms with E-state index in [4.69, 9.17) is 23.2 Å². The minimum absolute atomic E-state index is 0.0615. The standard InChI is InChI=1S/C35H41Cl2F3N6O2/c1-41-20-32(42-2)34(47)43-14-4-5-25-22-46(26-9-11-27(12-10-26)48-35(38,39)40)33-19-24(8-13-28(25)33)21-44-15-17-45(18-16-44)23-29-30(36)6-3-7-31(29)37/h3,6-13,19,22,32,41-42H,4-5,14-18,20-21,23H2,1-2H3,(H,43,47). The zero-order chi connectivity index (χ0) is 34.3. The molecule has 1 saturated heterocycles. The van der Waals surface area contributed by atoms with Crippen molar-refractivity contribution in [1.82, 2.24) is 30.3 Å². The van der Waals surface area contributed by atoms with Crippen molar-refractivity contribution in [2.45, 2.75) is 38.3 Å². The van der Waals surface area contributed by atoms with Crippen LogP contribution in [-0.2, 0) is 24.3 Å². The lowest BCUT2D eigenvalue weighted by atomic mass is 10.1. The number of nitrogens with one attached hydrogen (secondary N) is 3. The number of aromatic nitrogens is 1. The minimum Gasteiger partial charge on any atom is -0.406 e. The van der Waals surface area contributed by atoms with Gasteiger partial charge in [-0.3, -0.25) is 14.6 Å². The van der Waals surface area contributed by atoms with Crippen molar-refractivity contribution in [2.75, 3.05) is 53.4 Å². The third-order valence-electron chi connectivity index (χ3n) is 8.61. The van der Waals surface area contributed by atoms with Crippen LogP contribution < -0.4 is 20.7 Å². The van der Waals surface area contributed by atoms with E-state index in [0.717, 1.165) is 72.4 Å². The second kappa shape index (κ2) is 16.4. The largest absolute Gasteiger partial charge is 0.573 e. The molecule has 2 heterocycles. The number of halogens is 5. The Morgan fingerprint density at radius 1 is 0.938 bits per heavy atom. The lowest BCUT2D eigenvalue weighted by Gasteiger charge is -2.35. The average molecular weight is 706 g/mol. The number of amides is 1. The van der Waals surface area contributed by atoms with Crippen molar-refractivity contribution in [1.29, 1.82) is 0 Å². The molecule has 0 radical (unpaired) electrons. The van der Waals surface area contributed by atoms with Gasteiger partial charge in [0.25, 0.3) is 0 Å². The van der Waals surface area contributed by atoms with Crippen molar-refractivity contribution in [2.24, 2.45) is 0 Å². The predicted octanol–water partition coefficient (Wildman–Crippen LogP) is 6.01. The van der Waals surface area contributed by atoms with E-state index < -0.39 is 6.36 Å². The molecule has 3 aromatic carbocycles. The van der Waals surface area contributed by atoms with Gasteiger partial charge in [-0.2, -0.15) is 0 Å². The van der Waals surface area contributed by atoms with Gasteiger partial charge in [-0.1, -0.05) is 41.4 Å². The first-order valence-electron chi connectivity index (χ1n) is 16.0. The Hall–Kier alpha value is -3.32. The van der Waals surface area contributed by atoms with Crippen LogP contribution in [0.1, 0.15) is 23.1 Å². The summed E-state index contributed by atoms with van der Waals surface area (Å²) >= 11 is 12.8. The van der Waals surface area contributed by atoms with E-state index in [1.165, 1.54) is 12.1 Å². The maximum Gasteiger partial charge on any atom is 0.573 e. The smallest absolute Gasteiger partial charge is 0.406 e. The van der Waals surface area contributed by atoms with Crippen LogP contribution in [0.3, 0.4) is 0 Å². The van der Waals surface area contributed by atoms with E-state index >= 15 is 0 Å². The Morgan fingerprint density at radius 3 is 2.23 bits per heavy atom. The van der Waals surface area contributed by atoms with Crippen LogP contribution in [0.4, 0.5) is 13.2 Å². The molecule has 1 amide bonds. The molecule has 1 aliphatic heterocycles. The highest BCUT2D eigenvalue weighted by Gasteiger charge is 2.31. The van der Waals surface area contributed by atoms with E-state index in [-0.39, 0.29) is 17.7 Å². The molecule has 0 spiro atoms. The number of aryl methyl sites for hydroxylation is 1. The average Bonchev–Trinajstić information content (AvgIpc) is 3.41. The highest BCUT2D eigenvalue weighted by atomic mass is 35.5. The number of carbonyl (C=O) groups is 1. The van der Waals surface area contributed by atoms with E-state index in [9.17, 15) is 18.0 Å². The number of rotatable bonds is 14. The molecule has 8 nitrogen and oxygen atoms in total. The number of benzene rings is 3. The molecule has 0 bridgehead atoms. The van der Waals surface area contributed by atoms with E-state index in [1.54, 1.807) is 26.2 Å². The topological polar surface area (TPSA) is 73.8 Å². The van der Waals surface area contributed by atoms with Gasteiger partial charge in [-0.05, 0) is 80.5 Å². The van der Waals surface area contributed by atoms with Crippen molar-refractivity contribution in [3.63, 3.8) is 0 Å². The molecular formula is C35H41Cl2F3N6O2. The molecule has 1 aliphatic rings. The first-order chi connectivity index (χ1) is 23.0. The maximum absolute atomic E-state index is 12.8. The van der Waals surface area contributed by atoms with E-state index in [0.29, 0.717) is 36.1 Å². The Labute approximate surface area is 289 Å². The quantitative estimate of drug-likeness (QED) is 0.140. The fraction of sp³-hybridized carbons (Fsp3) is 0.400. The number of nitrogens with zero attached hydrogens (tertiary/aromatic N) is 3. The van der Waals surface area contributed by atoms with Crippen molar-refractivity contribution in [3.05, 3.63) is 93.6 Å². The normalized spacial score (nSPS) is 15.1. The van der Waals surface area contributed by atoms with Crippen LogP contribution >= 0.6 is 23.2 Å².